The van der Waals surface area contributed by atoms with Crippen molar-refractivity contribution in [1.82, 2.24) is 0 Å². The summed E-state index contributed by atoms with van der Waals surface area (Å²) in [6.07, 6.45) is 5.27. The van der Waals surface area contributed by atoms with Crippen molar-refractivity contribution in [3.63, 3.8) is 0 Å². The van der Waals surface area contributed by atoms with Gasteiger partial charge in [-0.15, -0.1) is 6.42 Å². The second kappa shape index (κ2) is 7.85. The van der Waals surface area contributed by atoms with Gasteiger partial charge < -0.3 is 0 Å². The Balaban J connectivity index is 3.88. The van der Waals surface area contributed by atoms with Crippen molar-refractivity contribution in [3.8, 4) is 12.3 Å². The Morgan fingerprint density at radius 2 is 1.45 bits per heavy atom. The van der Waals surface area contributed by atoms with E-state index in [0.717, 1.165) is 0 Å². The van der Waals surface area contributed by atoms with E-state index < -0.39 is 31.2 Å². The number of terminal acetylenes is 1. The predicted octanol–water partition coefficient (Wildman–Crippen LogP) is 1.46. The summed E-state index contributed by atoms with van der Waals surface area (Å²) < 4.78 is 84.0. The maximum Gasteiger partial charge on any atom is 0.497 e. The molecule has 0 heterocycles. The molecule has 5 nitrogen and oxygen atoms in total. The summed E-state index contributed by atoms with van der Waals surface area (Å²) in [5.41, 5.74) is -5.24. The lowest BCUT2D eigenvalue weighted by atomic mass is 10.2. The van der Waals surface area contributed by atoms with Gasteiger partial charge in [-0.25, -0.2) is 8.42 Å². The second-order valence-electron chi connectivity index (χ2n) is 3.91. The van der Waals surface area contributed by atoms with Gasteiger partial charge in [-0.3, -0.25) is 4.18 Å². The van der Waals surface area contributed by atoms with Gasteiger partial charge in [-0.2, -0.15) is 21.6 Å². The van der Waals surface area contributed by atoms with Crippen LogP contribution in [0.5, 0.6) is 0 Å². The quantitative estimate of drug-likeness (QED) is 0.362. The number of alkyl halides is 3. The van der Waals surface area contributed by atoms with E-state index in [0.29, 0.717) is 0 Å². The minimum atomic E-state index is -5.24. The highest BCUT2D eigenvalue weighted by Gasteiger charge is 2.44. The summed E-state index contributed by atoms with van der Waals surface area (Å²) in [5.74, 6) is 0.697. The molecular weight excluding hydrogens is 321 g/mol. The Labute approximate surface area is 116 Å². The van der Waals surface area contributed by atoms with Crippen LogP contribution in [0.3, 0.4) is 0 Å². The molecule has 0 spiro atoms. The summed E-state index contributed by atoms with van der Waals surface area (Å²) >= 11 is 0. The van der Waals surface area contributed by atoms with Crippen LogP contribution in [0.1, 0.15) is 25.7 Å². The SMILES string of the molecule is C#CCOS(=O)(=O)CCCCCCS(=O)(=O)C(F)(F)F. The fourth-order valence-electron chi connectivity index (χ4n) is 1.22. The monoisotopic (exact) mass is 336 g/mol. The number of hydrogen-bond donors (Lipinski definition) is 0. The highest BCUT2D eigenvalue weighted by molar-refractivity contribution is 7.92. The van der Waals surface area contributed by atoms with Gasteiger partial charge in [0, 0.05) is 0 Å². The lowest BCUT2D eigenvalue weighted by Crippen LogP contribution is -2.26. The molecule has 0 saturated heterocycles. The summed E-state index contributed by atoms with van der Waals surface area (Å²) in [6.45, 7) is -0.369. The van der Waals surface area contributed by atoms with Gasteiger partial charge in [0.2, 0.25) is 9.84 Å². The van der Waals surface area contributed by atoms with E-state index in [1.807, 2.05) is 5.92 Å². The van der Waals surface area contributed by atoms with Crippen LogP contribution >= 0.6 is 0 Å². The van der Waals surface area contributed by atoms with E-state index in [1.54, 1.807) is 0 Å². The number of unbranched alkanes of at least 4 members (excludes halogenated alkanes) is 3. The Bertz CT molecular complexity index is 528. The molecule has 0 amide bonds. The van der Waals surface area contributed by atoms with Crippen molar-refractivity contribution >= 4 is 20.0 Å². The van der Waals surface area contributed by atoms with Crippen molar-refractivity contribution < 1.29 is 34.2 Å². The molecule has 10 heteroatoms. The van der Waals surface area contributed by atoms with Crippen LogP contribution in [0.4, 0.5) is 13.2 Å². The van der Waals surface area contributed by atoms with Crippen molar-refractivity contribution in [1.29, 1.82) is 0 Å². The molecule has 0 fully saturated rings. The molecule has 0 aromatic heterocycles. The second-order valence-corrected chi connectivity index (χ2v) is 7.77. The van der Waals surface area contributed by atoms with Crippen LogP contribution < -0.4 is 0 Å². The highest BCUT2D eigenvalue weighted by Crippen LogP contribution is 2.24. The Kier molecular flexibility index (Phi) is 7.54. The topological polar surface area (TPSA) is 77.5 Å². The molecule has 0 atom stereocenters. The lowest BCUT2D eigenvalue weighted by molar-refractivity contribution is -0.0435. The minimum absolute atomic E-state index is 0.166. The normalized spacial score (nSPS) is 13.1. The van der Waals surface area contributed by atoms with Crippen molar-refractivity contribution in [2.24, 2.45) is 0 Å². The molecule has 0 aliphatic heterocycles. The molecule has 0 radical (unpaired) electrons. The first-order chi connectivity index (χ1) is 9.02. The van der Waals surface area contributed by atoms with E-state index in [1.165, 1.54) is 0 Å². The summed E-state index contributed by atoms with van der Waals surface area (Å²) in [4.78, 5) is 0. The Morgan fingerprint density at radius 3 is 1.90 bits per heavy atom. The molecule has 0 saturated carbocycles. The first kappa shape index (κ1) is 19.2. The van der Waals surface area contributed by atoms with Gasteiger partial charge in [0.1, 0.15) is 6.61 Å². The molecule has 0 unspecified atom stereocenters. The molecule has 20 heavy (non-hydrogen) atoms. The molecule has 0 aliphatic carbocycles. The predicted molar refractivity (Wildman–Crippen MR) is 66.9 cm³/mol. The summed E-state index contributed by atoms with van der Waals surface area (Å²) in [7, 11) is -8.81. The highest BCUT2D eigenvalue weighted by atomic mass is 32.2. The average molecular weight is 336 g/mol. The van der Waals surface area contributed by atoms with Gasteiger partial charge in [-0.05, 0) is 12.8 Å². The van der Waals surface area contributed by atoms with Gasteiger partial charge >= 0.3 is 5.51 Å². The molecule has 0 aromatic carbocycles. The zero-order valence-corrected chi connectivity index (χ0v) is 12.2. The van der Waals surface area contributed by atoms with Crippen LogP contribution in [0, 0.1) is 12.3 Å². The van der Waals surface area contributed by atoms with Gasteiger partial charge in [-0.1, -0.05) is 18.8 Å². The number of rotatable bonds is 9. The molecule has 0 aliphatic rings. The van der Waals surface area contributed by atoms with E-state index >= 15 is 0 Å². The van der Waals surface area contributed by atoms with E-state index in [-0.39, 0.29) is 38.0 Å². The molecule has 0 rings (SSSR count). The lowest BCUT2D eigenvalue weighted by Gasteiger charge is -2.07. The smallest absolute Gasteiger partial charge is 0.257 e. The summed E-state index contributed by atoms with van der Waals surface area (Å²) in [6, 6.07) is 0. The standard InChI is InChI=1S/C10H15F3O5S2/c1-2-7-18-20(16,17)9-6-4-3-5-8-19(14,15)10(11,12)13/h1H,3-9H2. The zero-order chi connectivity index (χ0) is 15.9. The van der Waals surface area contributed by atoms with Crippen molar-refractivity contribution in [3.05, 3.63) is 0 Å². The molecular formula is C10H15F3O5S2. The maximum absolute atomic E-state index is 12.0. The molecule has 118 valence electrons. The number of sulfone groups is 1. The third-order valence-corrected chi connectivity index (χ3v) is 5.03. The summed E-state index contributed by atoms with van der Waals surface area (Å²) in [5, 5.41) is 0. The zero-order valence-electron chi connectivity index (χ0n) is 10.5. The largest absolute Gasteiger partial charge is 0.497 e. The average Bonchev–Trinajstić information content (AvgIpc) is 2.29. The molecule has 0 N–H and O–H groups in total. The third kappa shape index (κ3) is 7.72. The van der Waals surface area contributed by atoms with E-state index in [9.17, 15) is 30.0 Å². The number of hydrogen-bond acceptors (Lipinski definition) is 5. The first-order valence-corrected chi connectivity index (χ1v) is 8.84. The van der Waals surface area contributed by atoms with Crippen LogP contribution in [0.25, 0.3) is 0 Å². The van der Waals surface area contributed by atoms with Gasteiger partial charge in [0.25, 0.3) is 10.1 Å². The molecule has 0 bridgehead atoms. The first-order valence-electron chi connectivity index (χ1n) is 5.61. The molecule has 0 aromatic rings. The number of halogens is 3. The Morgan fingerprint density at radius 1 is 0.950 bits per heavy atom. The van der Waals surface area contributed by atoms with Gasteiger partial charge in [0.05, 0.1) is 11.5 Å². The van der Waals surface area contributed by atoms with Crippen molar-refractivity contribution in [2.75, 3.05) is 18.1 Å². The maximum atomic E-state index is 12.0. The van der Waals surface area contributed by atoms with E-state index in [2.05, 4.69) is 4.18 Å². The van der Waals surface area contributed by atoms with Crippen LogP contribution in [-0.4, -0.2) is 40.5 Å². The fraction of sp³-hybridized carbons (Fsp3) is 0.800. The Hall–Kier alpha value is -0.790. The van der Waals surface area contributed by atoms with Crippen LogP contribution in [-0.2, 0) is 24.1 Å². The third-order valence-electron chi connectivity index (χ3n) is 2.23. The van der Waals surface area contributed by atoms with E-state index in [4.69, 9.17) is 6.42 Å². The fourth-order valence-corrected chi connectivity index (χ4v) is 2.96. The van der Waals surface area contributed by atoms with Gasteiger partial charge in [0.15, 0.2) is 0 Å². The van der Waals surface area contributed by atoms with Crippen molar-refractivity contribution in [2.45, 2.75) is 31.2 Å². The van der Waals surface area contributed by atoms with Crippen LogP contribution in [0.15, 0.2) is 0 Å². The van der Waals surface area contributed by atoms with Crippen LogP contribution in [0.2, 0.25) is 0 Å². The minimum Gasteiger partial charge on any atom is -0.257 e.